The summed E-state index contributed by atoms with van der Waals surface area (Å²) in [6, 6.07) is 5.90. The molecule has 1 aromatic rings. The van der Waals surface area contributed by atoms with Crippen LogP contribution in [0, 0.1) is 5.82 Å². The predicted octanol–water partition coefficient (Wildman–Crippen LogP) is 1.13. The number of hydrogen-bond acceptors (Lipinski definition) is 2. The highest BCUT2D eigenvalue weighted by molar-refractivity contribution is 5.94. The van der Waals surface area contributed by atoms with Gasteiger partial charge in [-0.05, 0) is 26.0 Å². The Bertz CT molecular complexity index is 454. The van der Waals surface area contributed by atoms with Crippen molar-refractivity contribution in [1.29, 1.82) is 0 Å². The van der Waals surface area contributed by atoms with Crippen molar-refractivity contribution < 1.29 is 9.18 Å². The molecule has 1 rings (SSSR count). The second-order valence-electron chi connectivity index (χ2n) is 4.03. The normalized spacial score (nSPS) is 9.75. The van der Waals surface area contributed by atoms with E-state index in [9.17, 15) is 9.18 Å². The van der Waals surface area contributed by atoms with Crippen LogP contribution in [-0.4, -0.2) is 38.0 Å². The first-order valence-electron chi connectivity index (χ1n) is 6.74. The van der Waals surface area contributed by atoms with Gasteiger partial charge >= 0.3 is 0 Å². The van der Waals surface area contributed by atoms with Gasteiger partial charge in [0.25, 0.3) is 5.91 Å². The van der Waals surface area contributed by atoms with E-state index in [1.54, 1.807) is 12.1 Å². The van der Waals surface area contributed by atoms with Crippen molar-refractivity contribution in [2.24, 2.45) is 4.99 Å². The van der Waals surface area contributed by atoms with Crippen molar-refractivity contribution in [3.63, 3.8) is 0 Å². The summed E-state index contributed by atoms with van der Waals surface area (Å²) in [5, 5.41) is 8.80. The summed E-state index contributed by atoms with van der Waals surface area (Å²) >= 11 is 0. The van der Waals surface area contributed by atoms with E-state index in [4.69, 9.17) is 0 Å². The number of guanidine groups is 1. The molecule has 0 spiro atoms. The molecule has 1 amide bonds. The largest absolute Gasteiger partial charge is 0.357 e. The molecule has 3 N–H and O–H groups in total. The second kappa shape index (κ2) is 8.90. The lowest BCUT2D eigenvalue weighted by Crippen LogP contribution is -2.37. The zero-order valence-electron chi connectivity index (χ0n) is 11.9. The van der Waals surface area contributed by atoms with E-state index in [2.05, 4.69) is 20.9 Å². The highest BCUT2D eigenvalue weighted by Gasteiger charge is 2.09. The molecule has 0 aliphatic carbocycles. The number of nitrogens with one attached hydrogen (secondary N) is 3. The van der Waals surface area contributed by atoms with Crippen LogP contribution in [0.1, 0.15) is 24.2 Å². The number of nitrogens with zero attached hydrogens (tertiary/aromatic N) is 1. The van der Waals surface area contributed by atoms with E-state index in [0.717, 1.165) is 13.1 Å². The van der Waals surface area contributed by atoms with Crippen molar-refractivity contribution in [2.45, 2.75) is 13.8 Å². The molecule has 0 aliphatic heterocycles. The monoisotopic (exact) mass is 280 g/mol. The van der Waals surface area contributed by atoms with Crippen molar-refractivity contribution >= 4 is 11.9 Å². The van der Waals surface area contributed by atoms with Gasteiger partial charge in [0.2, 0.25) is 0 Å². The first-order valence-corrected chi connectivity index (χ1v) is 6.74. The topological polar surface area (TPSA) is 65.5 Å². The number of halogens is 1. The van der Waals surface area contributed by atoms with Gasteiger partial charge in [-0.2, -0.15) is 0 Å². The average Bonchev–Trinajstić information content (AvgIpc) is 2.44. The van der Waals surface area contributed by atoms with Gasteiger partial charge < -0.3 is 16.0 Å². The number of aliphatic imine (C=N–C) groups is 1. The quantitative estimate of drug-likeness (QED) is 0.416. The van der Waals surface area contributed by atoms with Crippen LogP contribution in [0.4, 0.5) is 4.39 Å². The maximum Gasteiger partial charge on any atom is 0.254 e. The third-order valence-corrected chi connectivity index (χ3v) is 2.47. The minimum atomic E-state index is -0.519. The second-order valence-corrected chi connectivity index (χ2v) is 4.03. The van der Waals surface area contributed by atoms with Gasteiger partial charge in [0, 0.05) is 19.6 Å². The average molecular weight is 280 g/mol. The number of benzene rings is 1. The van der Waals surface area contributed by atoms with Crippen molar-refractivity contribution in [3.05, 3.63) is 35.6 Å². The molecule has 6 heteroatoms. The lowest BCUT2D eigenvalue weighted by atomic mass is 10.2. The van der Waals surface area contributed by atoms with Crippen LogP contribution in [0.15, 0.2) is 29.3 Å². The number of amides is 1. The molecule has 0 aromatic heterocycles. The Morgan fingerprint density at radius 2 is 1.80 bits per heavy atom. The minimum absolute atomic E-state index is 0.0510. The minimum Gasteiger partial charge on any atom is -0.357 e. The first-order chi connectivity index (χ1) is 9.69. The summed E-state index contributed by atoms with van der Waals surface area (Å²) < 4.78 is 13.4. The standard InChI is InChI=1S/C14H21FN4O/c1-3-16-14(17-4-2)19-10-9-18-13(20)11-7-5-6-8-12(11)15/h5-8H,3-4,9-10H2,1-2H3,(H,18,20)(H2,16,17,19). The lowest BCUT2D eigenvalue weighted by molar-refractivity contribution is 0.0951. The molecule has 0 unspecified atom stereocenters. The Morgan fingerprint density at radius 1 is 1.15 bits per heavy atom. The summed E-state index contributed by atoms with van der Waals surface area (Å²) in [5.74, 6) is -0.239. The predicted molar refractivity (Wildman–Crippen MR) is 78.4 cm³/mol. The number of rotatable bonds is 6. The van der Waals surface area contributed by atoms with Crippen LogP contribution in [0.5, 0.6) is 0 Å². The fraction of sp³-hybridized carbons (Fsp3) is 0.429. The Hall–Kier alpha value is -2.11. The first kappa shape index (κ1) is 15.9. The number of hydrogen-bond donors (Lipinski definition) is 3. The molecular formula is C14H21FN4O. The molecule has 0 atom stereocenters. The molecule has 1 aromatic carbocycles. The van der Waals surface area contributed by atoms with E-state index in [0.29, 0.717) is 19.0 Å². The molecule has 0 heterocycles. The van der Waals surface area contributed by atoms with Gasteiger partial charge in [0.05, 0.1) is 12.1 Å². The van der Waals surface area contributed by atoms with Crippen LogP contribution in [-0.2, 0) is 0 Å². The van der Waals surface area contributed by atoms with E-state index in [1.807, 2.05) is 13.8 Å². The molecule has 0 saturated carbocycles. The van der Waals surface area contributed by atoms with E-state index in [-0.39, 0.29) is 5.56 Å². The molecule has 110 valence electrons. The van der Waals surface area contributed by atoms with Crippen molar-refractivity contribution in [1.82, 2.24) is 16.0 Å². The molecule has 0 saturated heterocycles. The van der Waals surface area contributed by atoms with Crippen LogP contribution < -0.4 is 16.0 Å². The molecule has 5 nitrogen and oxygen atoms in total. The van der Waals surface area contributed by atoms with Gasteiger partial charge in [0.15, 0.2) is 5.96 Å². The van der Waals surface area contributed by atoms with Gasteiger partial charge in [-0.1, -0.05) is 12.1 Å². The highest BCUT2D eigenvalue weighted by atomic mass is 19.1. The Kier molecular flexibility index (Phi) is 7.10. The van der Waals surface area contributed by atoms with Crippen LogP contribution in [0.25, 0.3) is 0 Å². The van der Waals surface area contributed by atoms with Crippen molar-refractivity contribution in [2.75, 3.05) is 26.2 Å². The molecule has 20 heavy (non-hydrogen) atoms. The van der Waals surface area contributed by atoms with Crippen LogP contribution >= 0.6 is 0 Å². The summed E-state index contributed by atoms with van der Waals surface area (Å²) in [6.45, 7) is 6.28. The van der Waals surface area contributed by atoms with E-state index >= 15 is 0 Å². The SMILES string of the molecule is CCNC(=NCCNC(=O)c1ccccc1F)NCC. The zero-order chi connectivity index (χ0) is 14.8. The van der Waals surface area contributed by atoms with Gasteiger partial charge in [-0.25, -0.2) is 4.39 Å². The number of carbonyl (C=O) groups excluding carboxylic acids is 1. The summed E-state index contributed by atoms with van der Waals surface area (Å²) in [5.41, 5.74) is 0.0510. The Balaban J connectivity index is 2.42. The Morgan fingerprint density at radius 3 is 2.40 bits per heavy atom. The molecule has 0 bridgehead atoms. The summed E-state index contributed by atoms with van der Waals surface area (Å²) in [6.07, 6.45) is 0. The third-order valence-electron chi connectivity index (χ3n) is 2.47. The lowest BCUT2D eigenvalue weighted by Gasteiger charge is -2.09. The maximum atomic E-state index is 13.4. The maximum absolute atomic E-state index is 13.4. The fourth-order valence-corrected chi connectivity index (χ4v) is 1.59. The van der Waals surface area contributed by atoms with E-state index in [1.165, 1.54) is 12.1 Å². The van der Waals surface area contributed by atoms with Gasteiger partial charge in [-0.15, -0.1) is 0 Å². The fourth-order valence-electron chi connectivity index (χ4n) is 1.59. The number of carbonyl (C=O) groups is 1. The van der Waals surface area contributed by atoms with Crippen molar-refractivity contribution in [3.8, 4) is 0 Å². The molecular weight excluding hydrogens is 259 g/mol. The summed E-state index contributed by atoms with van der Waals surface area (Å²) in [4.78, 5) is 16.0. The van der Waals surface area contributed by atoms with Crippen LogP contribution in [0.3, 0.4) is 0 Å². The molecule has 0 aliphatic rings. The van der Waals surface area contributed by atoms with E-state index < -0.39 is 11.7 Å². The zero-order valence-corrected chi connectivity index (χ0v) is 11.9. The smallest absolute Gasteiger partial charge is 0.254 e. The molecule has 0 fully saturated rings. The van der Waals surface area contributed by atoms with Gasteiger partial charge in [-0.3, -0.25) is 9.79 Å². The van der Waals surface area contributed by atoms with Gasteiger partial charge in [0.1, 0.15) is 5.82 Å². The molecule has 0 radical (unpaired) electrons. The highest BCUT2D eigenvalue weighted by Crippen LogP contribution is 2.05. The summed E-state index contributed by atoms with van der Waals surface area (Å²) in [7, 11) is 0. The Labute approximate surface area is 118 Å². The van der Waals surface area contributed by atoms with Crippen LogP contribution in [0.2, 0.25) is 0 Å². The third kappa shape index (κ3) is 5.26.